The third kappa shape index (κ3) is 1.26. The molecule has 0 saturated heterocycles. The summed E-state index contributed by atoms with van der Waals surface area (Å²) < 4.78 is 0. The van der Waals surface area contributed by atoms with Crippen molar-refractivity contribution in [2.45, 2.75) is 0 Å². The minimum atomic E-state index is 0. The van der Waals surface area contributed by atoms with Gasteiger partial charge in [0, 0.05) is 0 Å². The molecule has 0 bridgehead atoms. The molecule has 2 rings (SSSR count). The number of fused-ring (bicyclic) bond motifs is 1. The first-order valence-corrected chi connectivity index (χ1v) is 2.93. The molecule has 10 heavy (non-hydrogen) atoms. The fourth-order valence-electron chi connectivity index (χ4n) is 0.944. The zero-order valence-electron chi connectivity index (χ0n) is 5.91. The van der Waals surface area contributed by atoms with E-state index < -0.39 is 0 Å². The molecule has 0 spiro atoms. The fraction of sp³-hybridized carbons (Fsp3) is 0. The Balaban J connectivity index is 0.000000500. The van der Waals surface area contributed by atoms with Crippen LogP contribution in [0.1, 0.15) is 0 Å². The van der Waals surface area contributed by atoms with Crippen LogP contribution in [-0.4, -0.2) is 0 Å². The van der Waals surface area contributed by atoms with Gasteiger partial charge >= 0.3 is 29.6 Å². The average molecular weight is 139 g/mol. The molecule has 1 heterocycles. The van der Waals surface area contributed by atoms with Gasteiger partial charge in [-0.25, -0.2) is 0 Å². The molecule has 0 aliphatic carbocycles. The largest absolute Gasteiger partial charge is 1.00 e. The summed E-state index contributed by atoms with van der Waals surface area (Å²) in [5.41, 5.74) is 1.08. The molecule has 0 aliphatic rings. The van der Waals surface area contributed by atoms with Gasteiger partial charge in [-0.2, -0.15) is 6.20 Å². The van der Waals surface area contributed by atoms with Crippen LogP contribution in [0, 0.1) is 0 Å². The summed E-state index contributed by atoms with van der Waals surface area (Å²) >= 11 is 0. The van der Waals surface area contributed by atoms with Gasteiger partial charge in [-0.3, -0.25) is 0 Å². The van der Waals surface area contributed by atoms with Crippen molar-refractivity contribution in [3.05, 3.63) is 36.5 Å². The summed E-state index contributed by atoms with van der Waals surface area (Å²) in [6, 6.07) is 10.1. The number of nitrogens with zero attached hydrogens (tertiary/aromatic N) is 1. The fourth-order valence-corrected chi connectivity index (χ4v) is 0.944. The Kier molecular flexibility index (Phi) is 2.55. The molecule has 0 fully saturated rings. The van der Waals surface area contributed by atoms with Crippen molar-refractivity contribution in [2.75, 3.05) is 0 Å². The van der Waals surface area contributed by atoms with E-state index in [1.54, 1.807) is 0 Å². The number of hydrogen-bond donors (Lipinski definition) is 0. The summed E-state index contributed by atoms with van der Waals surface area (Å²) in [6.07, 6.45) is 1.82. The Labute approximate surface area is 81.7 Å². The van der Waals surface area contributed by atoms with Crippen LogP contribution in [0.2, 0.25) is 0 Å². The van der Waals surface area contributed by atoms with Crippen molar-refractivity contribution in [3.8, 4) is 0 Å². The number of para-hydroxylation sites is 1. The number of aromatic nitrogens is 1. The van der Waals surface area contributed by atoms with Gasteiger partial charge in [0.1, 0.15) is 0 Å². The first-order chi connectivity index (χ1) is 4.47. The third-order valence-electron chi connectivity index (χ3n) is 1.40. The van der Waals surface area contributed by atoms with E-state index in [1.165, 1.54) is 5.39 Å². The van der Waals surface area contributed by atoms with Crippen molar-refractivity contribution in [1.82, 2.24) is 4.98 Å². The first-order valence-electron chi connectivity index (χ1n) is 2.93. The van der Waals surface area contributed by atoms with Crippen LogP contribution in [0.3, 0.4) is 0 Å². The Morgan fingerprint density at radius 2 is 1.80 bits per heavy atom. The molecule has 0 N–H and O–H groups in total. The van der Waals surface area contributed by atoms with E-state index in [4.69, 9.17) is 0 Å². The Morgan fingerprint density at radius 3 is 2.60 bits per heavy atom. The van der Waals surface area contributed by atoms with E-state index >= 15 is 0 Å². The van der Waals surface area contributed by atoms with Gasteiger partial charge in [0.2, 0.25) is 0 Å². The zero-order chi connectivity index (χ0) is 6.10. The number of hydrogen-bond acceptors (Lipinski definition) is 0. The molecule has 1 nitrogen and oxygen atoms in total. The molecule has 0 aliphatic heterocycles. The van der Waals surface area contributed by atoms with Gasteiger partial charge < -0.3 is 4.98 Å². The second-order valence-corrected chi connectivity index (χ2v) is 2.00. The second-order valence-electron chi connectivity index (χ2n) is 2.00. The summed E-state index contributed by atoms with van der Waals surface area (Å²) in [5, 5.41) is 1.22. The Hall–Kier alpha value is -0.240. The van der Waals surface area contributed by atoms with Gasteiger partial charge in [0.25, 0.3) is 0 Å². The zero-order valence-corrected chi connectivity index (χ0v) is 7.91. The van der Waals surface area contributed by atoms with Crippen LogP contribution >= 0.6 is 0 Å². The van der Waals surface area contributed by atoms with Crippen LogP contribution in [0.15, 0.2) is 36.5 Å². The molecule has 44 valence electrons. The van der Waals surface area contributed by atoms with Crippen LogP contribution < -0.4 is 34.5 Å². The van der Waals surface area contributed by atoms with Gasteiger partial charge in [0.15, 0.2) is 0 Å². The van der Waals surface area contributed by atoms with Crippen molar-refractivity contribution < 1.29 is 29.6 Å². The third-order valence-corrected chi connectivity index (χ3v) is 1.40. The van der Waals surface area contributed by atoms with E-state index in [-0.39, 0.29) is 29.6 Å². The van der Waals surface area contributed by atoms with E-state index in [2.05, 4.69) is 11.1 Å². The molecule has 2 heteroatoms. The maximum absolute atomic E-state index is 4.12. The molecular formula is C8H6NNa. The molecule has 0 atom stereocenters. The second kappa shape index (κ2) is 3.24. The minimum absolute atomic E-state index is 0. The van der Waals surface area contributed by atoms with Crippen molar-refractivity contribution in [1.29, 1.82) is 0 Å². The topological polar surface area (TPSA) is 14.1 Å². The van der Waals surface area contributed by atoms with E-state index in [9.17, 15) is 0 Å². The summed E-state index contributed by atoms with van der Waals surface area (Å²) in [4.78, 5) is 4.12. The summed E-state index contributed by atoms with van der Waals surface area (Å²) in [7, 11) is 0. The Morgan fingerprint density at radius 1 is 1.00 bits per heavy atom. The van der Waals surface area contributed by atoms with Gasteiger partial charge in [-0.15, -0.1) is 5.52 Å². The predicted molar refractivity (Wildman–Crippen MR) is 37.3 cm³/mol. The normalized spacial score (nSPS) is 9.20. The van der Waals surface area contributed by atoms with Crippen LogP contribution in [0.5, 0.6) is 0 Å². The Bertz CT molecular complexity index is 283. The molecule has 0 radical (unpaired) electrons. The first kappa shape index (κ1) is 7.86. The van der Waals surface area contributed by atoms with E-state index in [0.29, 0.717) is 0 Å². The summed E-state index contributed by atoms with van der Waals surface area (Å²) in [5.74, 6) is 0. The van der Waals surface area contributed by atoms with Crippen molar-refractivity contribution in [2.24, 2.45) is 0 Å². The van der Waals surface area contributed by atoms with Crippen molar-refractivity contribution >= 4 is 10.9 Å². The maximum atomic E-state index is 4.12. The van der Waals surface area contributed by atoms with E-state index in [1.807, 2.05) is 30.5 Å². The molecule has 0 amide bonds. The quantitative estimate of drug-likeness (QED) is 0.418. The SMILES string of the molecule is [Na+].c1ccc2[n-]ccc2c1. The monoisotopic (exact) mass is 139 g/mol. The average Bonchev–Trinajstić information content (AvgIpc) is 2.33. The molecule has 2 aromatic rings. The number of benzene rings is 1. The van der Waals surface area contributed by atoms with Crippen LogP contribution in [-0.2, 0) is 0 Å². The van der Waals surface area contributed by atoms with E-state index in [0.717, 1.165) is 5.52 Å². The minimum Gasteiger partial charge on any atom is -0.664 e. The van der Waals surface area contributed by atoms with Gasteiger partial charge in [-0.05, 0) is 5.39 Å². The smallest absolute Gasteiger partial charge is 0.664 e. The van der Waals surface area contributed by atoms with Crippen LogP contribution in [0.25, 0.3) is 10.9 Å². The molecular weight excluding hydrogens is 133 g/mol. The van der Waals surface area contributed by atoms with Crippen molar-refractivity contribution in [3.63, 3.8) is 0 Å². The molecule has 0 saturated carbocycles. The summed E-state index contributed by atoms with van der Waals surface area (Å²) in [6.45, 7) is 0. The van der Waals surface area contributed by atoms with Gasteiger partial charge in [-0.1, -0.05) is 30.3 Å². The molecule has 1 aromatic heterocycles. The van der Waals surface area contributed by atoms with Gasteiger partial charge in [0.05, 0.1) is 0 Å². The standard InChI is InChI=1S/C8H6N.Na/c1-2-4-8-7(3-1)5-6-9-8;/h1-6H;/q-1;+1. The number of rotatable bonds is 0. The van der Waals surface area contributed by atoms with Crippen LogP contribution in [0.4, 0.5) is 0 Å². The molecule has 1 aromatic carbocycles. The maximum Gasteiger partial charge on any atom is 1.00 e. The molecule has 0 unspecified atom stereocenters. The predicted octanol–water partition coefficient (Wildman–Crippen LogP) is -1.20.